The summed E-state index contributed by atoms with van der Waals surface area (Å²) in [4.78, 5) is 0. The van der Waals surface area contributed by atoms with Crippen LogP contribution in [0.5, 0.6) is 0 Å². The van der Waals surface area contributed by atoms with E-state index in [1.807, 2.05) is 0 Å². The fraction of sp³-hybridized carbons (Fsp3) is 1.00. The molecule has 1 aliphatic carbocycles. The zero-order valence-electron chi connectivity index (χ0n) is 22.0. The van der Waals surface area contributed by atoms with Crippen LogP contribution < -0.4 is 0 Å². The molecular weight excluding hydrogens is 408 g/mol. The van der Waals surface area contributed by atoms with E-state index in [0.29, 0.717) is 0 Å². The maximum atomic E-state index is 4.49. The van der Waals surface area contributed by atoms with Crippen LogP contribution in [0, 0.1) is 0 Å². The molecule has 1 saturated carbocycles. The predicted molar refractivity (Wildman–Crippen MR) is 147 cm³/mol. The van der Waals surface area contributed by atoms with Crippen molar-refractivity contribution in [1.82, 2.24) is 0 Å². The molecule has 0 aromatic heterocycles. The highest BCUT2D eigenvalue weighted by Gasteiger charge is 2.09. The predicted octanol–water partition coefficient (Wildman–Crippen LogP) is 11.3. The Morgan fingerprint density at radius 3 is 1.38 bits per heavy atom. The molecule has 32 heavy (non-hydrogen) atoms. The van der Waals surface area contributed by atoms with Crippen molar-refractivity contribution >= 4 is 11.8 Å². The first kappa shape index (κ1) is 30.0. The van der Waals surface area contributed by atoms with Crippen LogP contribution in [0.3, 0.4) is 0 Å². The van der Waals surface area contributed by atoms with Crippen molar-refractivity contribution in [3.05, 3.63) is 0 Å². The Hall–Kier alpha value is -0.0500. The molecule has 0 radical (unpaired) electrons. The van der Waals surface area contributed by atoms with Gasteiger partial charge in [0, 0.05) is 5.25 Å². The van der Waals surface area contributed by atoms with Crippen molar-refractivity contribution in [3.63, 3.8) is 0 Å². The van der Waals surface area contributed by atoms with E-state index in [-0.39, 0.29) is 0 Å². The average Bonchev–Trinajstić information content (AvgIpc) is 2.83. The second kappa shape index (κ2) is 25.6. The second-order valence-corrected chi connectivity index (χ2v) is 11.5. The number of unbranched alkanes of at least 4 members (excludes halogenated alkanes) is 12. The highest BCUT2D eigenvalue weighted by molar-refractivity contribution is 7.99. The zero-order chi connectivity index (χ0) is 22.8. The normalized spacial score (nSPS) is 17.8. The molecule has 0 atom stereocenters. The Bertz CT molecular complexity index is 371. The molecule has 0 spiro atoms. The van der Waals surface area contributed by atoms with Gasteiger partial charge in [0.15, 0.2) is 0 Å². The van der Waals surface area contributed by atoms with E-state index in [1.165, 1.54) is 161 Å². The van der Waals surface area contributed by atoms with Gasteiger partial charge in [0.05, 0.1) is 6.54 Å². The van der Waals surface area contributed by atoms with Gasteiger partial charge in [0.1, 0.15) is 5.88 Å². The Labute approximate surface area is 207 Å². The first-order valence-electron chi connectivity index (χ1n) is 14.9. The topological polar surface area (TPSA) is 24.7 Å². The van der Waals surface area contributed by atoms with Crippen LogP contribution >= 0.6 is 11.8 Å². The molecule has 3 heteroatoms. The van der Waals surface area contributed by atoms with Gasteiger partial charge in [0.25, 0.3) is 0 Å². The molecule has 190 valence electrons. The lowest BCUT2D eigenvalue weighted by Crippen LogP contribution is -2.03. The summed E-state index contributed by atoms with van der Waals surface area (Å²) in [6.07, 6.45) is 35.7. The van der Waals surface area contributed by atoms with Crippen LogP contribution in [0.4, 0.5) is 0 Å². The van der Waals surface area contributed by atoms with Crippen LogP contribution in [-0.2, 0) is 0 Å². The molecule has 0 N–H and O–H groups in total. The molecule has 0 heterocycles. The van der Waals surface area contributed by atoms with Gasteiger partial charge in [-0.15, -0.1) is 11.8 Å². The summed E-state index contributed by atoms with van der Waals surface area (Å²) in [5, 5.41) is 9.78. The summed E-state index contributed by atoms with van der Waals surface area (Å²) in [7, 11) is 0. The first-order chi connectivity index (χ1) is 15.9. The van der Waals surface area contributed by atoms with Crippen LogP contribution in [0.25, 0.3) is 0 Å². The van der Waals surface area contributed by atoms with Crippen LogP contribution in [0.2, 0.25) is 0 Å². The van der Waals surface area contributed by atoms with Gasteiger partial charge < -0.3 is 0 Å². The van der Waals surface area contributed by atoms with E-state index in [0.717, 1.165) is 17.7 Å². The van der Waals surface area contributed by atoms with Crippen LogP contribution in [0.15, 0.2) is 10.2 Å². The molecule has 0 bridgehead atoms. The van der Waals surface area contributed by atoms with Crippen LogP contribution in [0.1, 0.15) is 167 Å². The number of azo groups is 1. The Balaban J connectivity index is 1.90. The van der Waals surface area contributed by atoms with Gasteiger partial charge in [-0.1, -0.05) is 148 Å². The fourth-order valence-electron chi connectivity index (χ4n) is 4.92. The van der Waals surface area contributed by atoms with Crippen molar-refractivity contribution in [2.75, 3.05) is 12.4 Å². The quantitative estimate of drug-likeness (QED) is 0.154. The highest BCUT2D eigenvalue weighted by atomic mass is 32.2. The van der Waals surface area contributed by atoms with E-state index in [4.69, 9.17) is 0 Å². The van der Waals surface area contributed by atoms with Crippen molar-refractivity contribution in [3.8, 4) is 0 Å². The summed E-state index contributed by atoms with van der Waals surface area (Å²) in [6, 6.07) is 0. The smallest absolute Gasteiger partial charge is 0.105 e. The summed E-state index contributed by atoms with van der Waals surface area (Å²) in [6.45, 7) is 3.24. The third-order valence-corrected chi connectivity index (χ3v) is 8.34. The number of hydrogen-bond acceptors (Lipinski definition) is 3. The van der Waals surface area contributed by atoms with Crippen LogP contribution in [-0.4, -0.2) is 17.7 Å². The number of nitrogens with zero attached hydrogens (tertiary/aromatic N) is 2. The number of rotatable bonds is 17. The average molecular weight is 467 g/mol. The third-order valence-electron chi connectivity index (χ3n) is 7.13. The number of thioether (sulfide) groups is 1. The van der Waals surface area contributed by atoms with Gasteiger partial charge in [-0.2, -0.15) is 10.2 Å². The minimum atomic E-state index is 0.825. The summed E-state index contributed by atoms with van der Waals surface area (Å²) < 4.78 is 0. The zero-order valence-corrected chi connectivity index (χ0v) is 22.8. The molecule has 2 nitrogen and oxygen atoms in total. The summed E-state index contributed by atoms with van der Waals surface area (Å²) in [5.41, 5.74) is 0. The molecule has 0 unspecified atom stereocenters. The first-order valence-corrected chi connectivity index (χ1v) is 15.9. The largest absolute Gasteiger partial charge is 0.193 e. The maximum Gasteiger partial charge on any atom is 0.105 e. The minimum Gasteiger partial charge on any atom is -0.193 e. The van der Waals surface area contributed by atoms with Gasteiger partial charge in [0.2, 0.25) is 0 Å². The van der Waals surface area contributed by atoms with Gasteiger partial charge >= 0.3 is 0 Å². The van der Waals surface area contributed by atoms with Crippen molar-refractivity contribution < 1.29 is 0 Å². The maximum absolute atomic E-state index is 4.49. The van der Waals surface area contributed by atoms with Gasteiger partial charge in [-0.05, 0) is 19.3 Å². The fourth-order valence-corrected chi connectivity index (χ4v) is 5.95. The molecule has 1 fully saturated rings. The van der Waals surface area contributed by atoms with E-state index < -0.39 is 0 Å². The molecule has 0 aliphatic heterocycles. The SMILES string of the molecule is CCCCCCCCCCCCCCCN=NCSC1CCCCCCCCCCCC1. The summed E-state index contributed by atoms with van der Waals surface area (Å²) in [5.74, 6) is 0.892. The minimum absolute atomic E-state index is 0.825. The molecule has 1 rings (SSSR count). The van der Waals surface area contributed by atoms with Gasteiger partial charge in [-0.3, -0.25) is 0 Å². The van der Waals surface area contributed by atoms with E-state index in [2.05, 4.69) is 28.9 Å². The lowest BCUT2D eigenvalue weighted by Gasteiger charge is -2.15. The Morgan fingerprint density at radius 2 is 0.906 bits per heavy atom. The van der Waals surface area contributed by atoms with E-state index >= 15 is 0 Å². The lowest BCUT2D eigenvalue weighted by atomic mass is 10.0. The summed E-state index contributed by atoms with van der Waals surface area (Å²) >= 11 is 2.08. The van der Waals surface area contributed by atoms with Gasteiger partial charge in [-0.25, -0.2) is 0 Å². The Morgan fingerprint density at radius 1 is 0.500 bits per heavy atom. The molecule has 0 saturated heterocycles. The molecular formula is C29H58N2S. The molecule has 0 amide bonds. The molecule has 0 aromatic carbocycles. The standard InChI is InChI=1S/C29H58N2S/c1-2-3-4-5-6-7-8-9-12-15-18-21-24-27-30-31-28-32-29-25-22-19-16-13-10-11-14-17-20-23-26-29/h29H,2-28H2,1H3. The van der Waals surface area contributed by atoms with E-state index in [1.54, 1.807) is 0 Å². The highest BCUT2D eigenvalue weighted by Crippen LogP contribution is 2.25. The second-order valence-electron chi connectivity index (χ2n) is 10.3. The molecule has 0 aromatic rings. The monoisotopic (exact) mass is 466 g/mol. The Kier molecular flexibility index (Phi) is 24.0. The number of hydrogen-bond donors (Lipinski definition) is 0. The van der Waals surface area contributed by atoms with Crippen molar-refractivity contribution in [1.29, 1.82) is 0 Å². The van der Waals surface area contributed by atoms with Crippen molar-refractivity contribution in [2.45, 2.75) is 173 Å². The lowest BCUT2D eigenvalue weighted by molar-refractivity contribution is 0.539. The molecule has 1 aliphatic rings. The third kappa shape index (κ3) is 21.8. The van der Waals surface area contributed by atoms with Crippen molar-refractivity contribution in [2.24, 2.45) is 10.2 Å². The van der Waals surface area contributed by atoms with E-state index in [9.17, 15) is 0 Å².